The molecule has 3 aromatic rings. The average Bonchev–Trinajstić information content (AvgIpc) is 3.30. The first-order valence-corrected chi connectivity index (χ1v) is 9.87. The zero-order valence-corrected chi connectivity index (χ0v) is 17.0. The van der Waals surface area contributed by atoms with E-state index >= 15 is 0 Å². The minimum atomic E-state index is -0.213. The normalized spacial score (nSPS) is 11.2. The number of anilines is 1. The van der Waals surface area contributed by atoms with Crippen LogP contribution in [-0.2, 0) is 17.8 Å². The first-order chi connectivity index (χ1) is 13.4. The van der Waals surface area contributed by atoms with E-state index in [2.05, 4.69) is 25.7 Å². The van der Waals surface area contributed by atoms with Crippen molar-refractivity contribution in [1.29, 1.82) is 0 Å². The minimum absolute atomic E-state index is 0.158. The van der Waals surface area contributed by atoms with Crippen LogP contribution in [0.4, 0.5) is 5.13 Å². The summed E-state index contributed by atoms with van der Waals surface area (Å²) >= 11 is 1.36. The van der Waals surface area contributed by atoms with E-state index in [1.807, 2.05) is 33.8 Å². The summed E-state index contributed by atoms with van der Waals surface area (Å²) < 4.78 is 6.84. The van der Waals surface area contributed by atoms with Crippen molar-refractivity contribution in [3.05, 3.63) is 39.1 Å². The first-order valence-electron chi connectivity index (χ1n) is 9.05. The van der Waals surface area contributed by atoms with Gasteiger partial charge in [0, 0.05) is 31.0 Å². The van der Waals surface area contributed by atoms with Gasteiger partial charge >= 0.3 is 0 Å². The Bertz CT molecular complexity index is 1040. The summed E-state index contributed by atoms with van der Waals surface area (Å²) in [6, 6.07) is 3.53. The average molecular weight is 402 g/mol. The van der Waals surface area contributed by atoms with Crippen LogP contribution in [0.3, 0.4) is 0 Å². The zero-order valence-electron chi connectivity index (χ0n) is 16.2. The van der Waals surface area contributed by atoms with E-state index < -0.39 is 0 Å². The standard InChI is InChI=1S/C18H22N6O3S/c1-5-24-11(4)6-7-12(17(24)26)15-20-14(27-23-15)9-8-13(25)19-18-22-21-16(28-18)10(2)3/h6-7,10H,5,8-9H2,1-4H3,(H,19,22,25). The summed E-state index contributed by atoms with van der Waals surface area (Å²) in [6.07, 6.45) is 0.424. The lowest BCUT2D eigenvalue weighted by atomic mass is 10.2. The molecule has 0 saturated heterocycles. The maximum Gasteiger partial charge on any atom is 0.261 e. The van der Waals surface area contributed by atoms with Gasteiger partial charge in [0.2, 0.25) is 22.8 Å². The molecule has 148 valence electrons. The number of nitrogens with one attached hydrogen (secondary N) is 1. The second kappa shape index (κ2) is 8.42. The van der Waals surface area contributed by atoms with Crippen molar-refractivity contribution in [2.24, 2.45) is 0 Å². The van der Waals surface area contributed by atoms with Crippen LogP contribution in [0, 0.1) is 6.92 Å². The Morgan fingerprint density at radius 3 is 2.79 bits per heavy atom. The summed E-state index contributed by atoms with van der Waals surface area (Å²) in [6.45, 7) is 8.37. The molecule has 1 amide bonds. The predicted molar refractivity (Wildman–Crippen MR) is 105 cm³/mol. The first kappa shape index (κ1) is 19.9. The van der Waals surface area contributed by atoms with Crippen LogP contribution in [0.15, 0.2) is 21.5 Å². The highest BCUT2D eigenvalue weighted by Gasteiger charge is 2.16. The Balaban J connectivity index is 1.63. The molecule has 0 aliphatic rings. The van der Waals surface area contributed by atoms with E-state index in [1.54, 1.807) is 10.6 Å². The van der Waals surface area contributed by atoms with Gasteiger partial charge in [0.05, 0.1) is 5.56 Å². The van der Waals surface area contributed by atoms with Crippen LogP contribution in [0.1, 0.15) is 49.7 Å². The summed E-state index contributed by atoms with van der Waals surface area (Å²) in [5.41, 5.74) is 1.08. The fourth-order valence-electron chi connectivity index (χ4n) is 2.62. The van der Waals surface area contributed by atoms with Crippen molar-refractivity contribution in [3.8, 4) is 11.4 Å². The van der Waals surface area contributed by atoms with Gasteiger partial charge in [-0.1, -0.05) is 30.3 Å². The molecule has 1 N–H and O–H groups in total. The predicted octanol–water partition coefficient (Wildman–Crippen LogP) is 2.77. The number of pyridine rings is 1. The number of carbonyl (C=O) groups is 1. The Morgan fingerprint density at radius 2 is 2.11 bits per heavy atom. The van der Waals surface area contributed by atoms with Crippen LogP contribution in [0.5, 0.6) is 0 Å². The molecule has 0 radical (unpaired) electrons. The third-order valence-electron chi connectivity index (χ3n) is 4.16. The maximum absolute atomic E-state index is 12.5. The van der Waals surface area contributed by atoms with Crippen LogP contribution in [-0.4, -0.2) is 30.8 Å². The molecule has 3 aromatic heterocycles. The van der Waals surface area contributed by atoms with E-state index in [0.29, 0.717) is 23.1 Å². The van der Waals surface area contributed by atoms with Crippen molar-refractivity contribution in [2.45, 2.75) is 53.0 Å². The fourth-order valence-corrected chi connectivity index (χ4v) is 3.38. The highest BCUT2D eigenvalue weighted by atomic mass is 32.1. The van der Waals surface area contributed by atoms with Gasteiger partial charge in [0.1, 0.15) is 5.01 Å². The van der Waals surface area contributed by atoms with Gasteiger partial charge in [0.15, 0.2) is 0 Å². The SMILES string of the molecule is CCn1c(C)ccc(-c2noc(CCC(=O)Nc3nnc(C(C)C)s3)n2)c1=O. The van der Waals surface area contributed by atoms with Crippen LogP contribution in [0.25, 0.3) is 11.4 Å². The van der Waals surface area contributed by atoms with Crippen molar-refractivity contribution < 1.29 is 9.32 Å². The number of hydrogen-bond donors (Lipinski definition) is 1. The molecular formula is C18H22N6O3S. The molecule has 0 saturated carbocycles. The maximum atomic E-state index is 12.5. The lowest BCUT2D eigenvalue weighted by molar-refractivity contribution is -0.116. The molecule has 3 heterocycles. The van der Waals surface area contributed by atoms with Crippen molar-refractivity contribution >= 4 is 22.4 Å². The molecule has 9 nitrogen and oxygen atoms in total. The molecule has 10 heteroatoms. The van der Waals surface area contributed by atoms with E-state index in [1.165, 1.54) is 11.3 Å². The second-order valence-corrected chi connectivity index (χ2v) is 7.61. The third-order valence-corrected chi connectivity index (χ3v) is 5.30. The largest absolute Gasteiger partial charge is 0.339 e. The number of aryl methyl sites for hydroxylation is 2. The number of carbonyl (C=O) groups excluding carboxylic acids is 1. The second-order valence-electron chi connectivity index (χ2n) is 6.60. The summed E-state index contributed by atoms with van der Waals surface area (Å²) in [4.78, 5) is 28.9. The highest BCUT2D eigenvalue weighted by molar-refractivity contribution is 7.15. The van der Waals surface area contributed by atoms with Gasteiger partial charge in [-0.05, 0) is 26.0 Å². The molecule has 0 aliphatic heterocycles. The summed E-state index contributed by atoms with van der Waals surface area (Å²) in [5, 5.41) is 15.9. The Hall–Kier alpha value is -2.88. The van der Waals surface area contributed by atoms with Gasteiger partial charge < -0.3 is 14.4 Å². The van der Waals surface area contributed by atoms with Gasteiger partial charge in [-0.25, -0.2) is 0 Å². The van der Waals surface area contributed by atoms with Crippen LogP contribution in [0.2, 0.25) is 0 Å². The van der Waals surface area contributed by atoms with E-state index in [4.69, 9.17) is 4.52 Å². The number of hydrogen-bond acceptors (Lipinski definition) is 8. The third kappa shape index (κ3) is 4.33. The molecule has 3 rings (SSSR count). The molecule has 0 aromatic carbocycles. The zero-order chi connectivity index (χ0) is 20.3. The Morgan fingerprint density at radius 1 is 1.32 bits per heavy atom. The minimum Gasteiger partial charge on any atom is -0.339 e. The molecule has 0 aliphatic carbocycles. The topological polar surface area (TPSA) is 116 Å². The molecular weight excluding hydrogens is 380 g/mol. The van der Waals surface area contributed by atoms with E-state index in [-0.39, 0.29) is 36.1 Å². The number of aromatic nitrogens is 5. The number of rotatable bonds is 7. The molecule has 0 atom stereocenters. The van der Waals surface area contributed by atoms with Crippen LogP contribution < -0.4 is 10.9 Å². The quantitative estimate of drug-likeness (QED) is 0.646. The molecule has 28 heavy (non-hydrogen) atoms. The van der Waals surface area contributed by atoms with Gasteiger partial charge in [-0.2, -0.15) is 4.98 Å². The summed E-state index contributed by atoms with van der Waals surface area (Å²) in [5.74, 6) is 0.579. The van der Waals surface area contributed by atoms with Crippen molar-refractivity contribution in [2.75, 3.05) is 5.32 Å². The Kier molecular flexibility index (Phi) is 5.98. The molecule has 0 fully saturated rings. The van der Waals surface area contributed by atoms with Gasteiger partial charge in [-0.3, -0.25) is 9.59 Å². The molecule has 0 unspecified atom stereocenters. The molecule has 0 spiro atoms. The number of nitrogens with zero attached hydrogens (tertiary/aromatic N) is 5. The van der Waals surface area contributed by atoms with Crippen molar-refractivity contribution in [3.63, 3.8) is 0 Å². The summed E-state index contributed by atoms with van der Waals surface area (Å²) in [7, 11) is 0. The smallest absolute Gasteiger partial charge is 0.261 e. The number of amides is 1. The fraction of sp³-hybridized carbons (Fsp3) is 0.444. The lowest BCUT2D eigenvalue weighted by Gasteiger charge is -2.07. The Labute approximate surface area is 165 Å². The van der Waals surface area contributed by atoms with E-state index in [9.17, 15) is 9.59 Å². The van der Waals surface area contributed by atoms with E-state index in [0.717, 1.165) is 10.7 Å². The van der Waals surface area contributed by atoms with Gasteiger partial charge in [0.25, 0.3) is 5.56 Å². The van der Waals surface area contributed by atoms with Crippen LogP contribution >= 0.6 is 11.3 Å². The van der Waals surface area contributed by atoms with Gasteiger partial charge in [-0.15, -0.1) is 10.2 Å². The lowest BCUT2D eigenvalue weighted by Crippen LogP contribution is -2.23. The monoisotopic (exact) mass is 402 g/mol. The highest BCUT2D eigenvalue weighted by Crippen LogP contribution is 2.22. The van der Waals surface area contributed by atoms with Crippen molar-refractivity contribution in [1.82, 2.24) is 24.9 Å². The molecule has 0 bridgehead atoms.